The molecule has 2 aromatic carbocycles. The Morgan fingerprint density at radius 3 is 2.49 bits per heavy atom. The smallest absolute Gasteiger partial charge is 0.272 e. The van der Waals surface area contributed by atoms with Gasteiger partial charge in [0.25, 0.3) is 11.8 Å². The van der Waals surface area contributed by atoms with Crippen molar-refractivity contribution in [3.05, 3.63) is 88.2 Å². The zero-order valence-electron chi connectivity index (χ0n) is 20.6. The maximum Gasteiger partial charge on any atom is 0.272 e. The van der Waals surface area contributed by atoms with Crippen molar-refractivity contribution in [1.82, 2.24) is 25.3 Å². The highest BCUT2D eigenvalue weighted by molar-refractivity contribution is 6.01. The maximum atomic E-state index is 13.1. The highest BCUT2D eigenvalue weighted by Crippen LogP contribution is 2.26. The Morgan fingerprint density at radius 1 is 1.06 bits per heavy atom. The Bertz CT molecular complexity index is 1260. The van der Waals surface area contributed by atoms with E-state index >= 15 is 0 Å². The number of rotatable bonds is 7. The van der Waals surface area contributed by atoms with Gasteiger partial charge in [-0.3, -0.25) is 19.1 Å². The maximum absolute atomic E-state index is 13.1. The average Bonchev–Trinajstić information content (AvgIpc) is 3.27. The van der Waals surface area contributed by atoms with Crippen LogP contribution in [0.5, 0.6) is 0 Å². The number of hydrogen-bond donors (Lipinski definition) is 2. The summed E-state index contributed by atoms with van der Waals surface area (Å²) in [4.78, 5) is 40.4. The third-order valence-electron chi connectivity index (χ3n) is 6.74. The van der Waals surface area contributed by atoms with Crippen LogP contribution in [0.1, 0.15) is 50.2 Å². The monoisotopic (exact) mass is 473 g/mol. The summed E-state index contributed by atoms with van der Waals surface area (Å²) >= 11 is 0. The fourth-order valence-corrected chi connectivity index (χ4v) is 4.21. The standard InChI is InChI=1S/C27H31N5O3/c1-18-9-11-20(12-10-18)16-29-26(35)27(3)17-32-23(25(34)31(27)4)15-22(30-32)24(33)28-14-13-21-8-6-5-7-19(21)2/h5-12,15H,13-14,16-17H2,1-4H3,(H,28,33)(H,29,35)/t27-/m0/s1. The predicted octanol–water partition coefficient (Wildman–Crippen LogP) is 2.63. The molecule has 0 unspecified atom stereocenters. The van der Waals surface area contributed by atoms with Gasteiger partial charge in [0, 0.05) is 26.2 Å². The molecule has 0 radical (unpaired) electrons. The van der Waals surface area contributed by atoms with E-state index in [2.05, 4.69) is 15.7 Å². The molecule has 0 aliphatic carbocycles. The van der Waals surface area contributed by atoms with E-state index in [0.717, 1.165) is 11.1 Å². The number of fused-ring (bicyclic) bond motifs is 1. The minimum absolute atomic E-state index is 0.154. The van der Waals surface area contributed by atoms with Crippen molar-refractivity contribution in [2.75, 3.05) is 13.6 Å². The Kier molecular flexibility index (Phi) is 6.73. The Morgan fingerprint density at radius 2 is 1.77 bits per heavy atom. The fraction of sp³-hybridized carbons (Fsp3) is 0.333. The largest absolute Gasteiger partial charge is 0.350 e. The lowest BCUT2D eigenvalue weighted by atomic mass is 9.95. The van der Waals surface area contributed by atoms with E-state index in [1.807, 2.05) is 62.4 Å². The van der Waals surface area contributed by atoms with E-state index in [4.69, 9.17) is 0 Å². The molecule has 3 aromatic rings. The lowest BCUT2D eigenvalue weighted by Crippen LogP contribution is -2.62. The van der Waals surface area contributed by atoms with Crippen LogP contribution in [-0.4, -0.2) is 51.5 Å². The lowest BCUT2D eigenvalue weighted by Gasteiger charge is -2.40. The summed E-state index contributed by atoms with van der Waals surface area (Å²) in [6.45, 7) is 6.72. The molecule has 1 aliphatic rings. The third kappa shape index (κ3) is 4.96. The first-order chi connectivity index (χ1) is 16.7. The number of aryl methyl sites for hydroxylation is 2. The van der Waals surface area contributed by atoms with Crippen LogP contribution in [0.3, 0.4) is 0 Å². The summed E-state index contributed by atoms with van der Waals surface area (Å²) in [5.41, 5.74) is 3.78. The van der Waals surface area contributed by atoms with Crippen LogP contribution in [0.25, 0.3) is 0 Å². The molecule has 8 heteroatoms. The second-order valence-electron chi connectivity index (χ2n) is 9.31. The van der Waals surface area contributed by atoms with Crippen LogP contribution in [0.4, 0.5) is 0 Å². The molecule has 2 N–H and O–H groups in total. The van der Waals surface area contributed by atoms with Crippen molar-refractivity contribution in [2.45, 2.75) is 45.8 Å². The van der Waals surface area contributed by atoms with Gasteiger partial charge in [0.05, 0.1) is 6.54 Å². The zero-order valence-corrected chi connectivity index (χ0v) is 20.6. The average molecular weight is 474 g/mol. The van der Waals surface area contributed by atoms with Crippen molar-refractivity contribution in [3.8, 4) is 0 Å². The zero-order chi connectivity index (χ0) is 25.2. The predicted molar refractivity (Wildman–Crippen MR) is 133 cm³/mol. The van der Waals surface area contributed by atoms with E-state index in [1.54, 1.807) is 14.0 Å². The van der Waals surface area contributed by atoms with Crippen LogP contribution < -0.4 is 10.6 Å². The number of amides is 3. The Labute approximate surface area is 205 Å². The normalized spacial score (nSPS) is 17.1. The van der Waals surface area contributed by atoms with Crippen molar-refractivity contribution < 1.29 is 14.4 Å². The summed E-state index contributed by atoms with van der Waals surface area (Å²) in [5.74, 6) is -0.975. The molecule has 0 saturated heterocycles. The van der Waals surface area contributed by atoms with E-state index < -0.39 is 5.54 Å². The number of nitrogens with zero attached hydrogens (tertiary/aromatic N) is 3. The minimum Gasteiger partial charge on any atom is -0.350 e. The number of benzene rings is 2. The molecule has 0 fully saturated rings. The van der Waals surface area contributed by atoms with Crippen molar-refractivity contribution in [2.24, 2.45) is 0 Å². The Hall–Kier alpha value is -3.94. The number of carbonyl (C=O) groups is 3. The number of nitrogens with one attached hydrogen (secondary N) is 2. The van der Waals surface area contributed by atoms with Gasteiger partial charge in [-0.1, -0.05) is 54.1 Å². The molecule has 2 heterocycles. The molecular weight excluding hydrogens is 442 g/mol. The number of aromatic nitrogens is 2. The van der Waals surface area contributed by atoms with E-state index in [1.165, 1.54) is 26.8 Å². The highest BCUT2D eigenvalue weighted by atomic mass is 16.2. The molecule has 0 bridgehead atoms. The second-order valence-corrected chi connectivity index (χ2v) is 9.31. The van der Waals surface area contributed by atoms with Gasteiger partial charge in [0.1, 0.15) is 11.2 Å². The summed E-state index contributed by atoms with van der Waals surface area (Å²) in [7, 11) is 1.60. The van der Waals surface area contributed by atoms with Crippen LogP contribution in [-0.2, 0) is 24.3 Å². The van der Waals surface area contributed by atoms with Crippen LogP contribution >= 0.6 is 0 Å². The van der Waals surface area contributed by atoms with Crippen LogP contribution in [0, 0.1) is 13.8 Å². The quantitative estimate of drug-likeness (QED) is 0.551. The van der Waals surface area contributed by atoms with Crippen molar-refractivity contribution >= 4 is 17.7 Å². The lowest BCUT2D eigenvalue weighted by molar-refractivity contribution is -0.132. The molecular formula is C27H31N5O3. The van der Waals surface area contributed by atoms with Gasteiger partial charge in [0.2, 0.25) is 5.91 Å². The molecule has 0 spiro atoms. The number of hydrogen-bond acceptors (Lipinski definition) is 4. The minimum atomic E-state index is -1.14. The van der Waals surface area contributed by atoms with Crippen molar-refractivity contribution in [3.63, 3.8) is 0 Å². The molecule has 1 aromatic heterocycles. The SMILES string of the molecule is Cc1ccc(CNC(=O)[C@]2(C)Cn3nc(C(=O)NCCc4ccccc4C)cc3C(=O)N2C)cc1. The first-order valence-electron chi connectivity index (χ1n) is 11.7. The molecule has 1 aliphatic heterocycles. The number of likely N-dealkylation sites (N-methyl/N-ethyl adjacent to an activating group) is 1. The third-order valence-corrected chi connectivity index (χ3v) is 6.74. The second kappa shape index (κ2) is 9.74. The molecule has 0 saturated carbocycles. The van der Waals surface area contributed by atoms with Gasteiger partial charge in [-0.05, 0) is 43.9 Å². The van der Waals surface area contributed by atoms with Gasteiger partial charge in [-0.15, -0.1) is 0 Å². The van der Waals surface area contributed by atoms with E-state index in [-0.39, 0.29) is 30.0 Å². The fourth-order valence-electron chi connectivity index (χ4n) is 4.21. The van der Waals surface area contributed by atoms with Gasteiger partial charge < -0.3 is 15.5 Å². The van der Waals surface area contributed by atoms with Gasteiger partial charge in [-0.25, -0.2) is 0 Å². The first kappa shape index (κ1) is 24.2. The number of carbonyl (C=O) groups excluding carboxylic acids is 3. The summed E-state index contributed by atoms with van der Waals surface area (Å²) < 4.78 is 1.46. The summed E-state index contributed by atoms with van der Waals surface area (Å²) in [6.07, 6.45) is 0.701. The van der Waals surface area contributed by atoms with Crippen molar-refractivity contribution in [1.29, 1.82) is 0 Å². The molecule has 8 nitrogen and oxygen atoms in total. The first-order valence-corrected chi connectivity index (χ1v) is 11.7. The molecule has 4 rings (SSSR count). The molecule has 1 atom stereocenters. The van der Waals surface area contributed by atoms with E-state index in [0.29, 0.717) is 25.2 Å². The van der Waals surface area contributed by atoms with Gasteiger partial charge in [-0.2, -0.15) is 5.10 Å². The van der Waals surface area contributed by atoms with E-state index in [9.17, 15) is 14.4 Å². The summed E-state index contributed by atoms with van der Waals surface area (Å²) in [5, 5.41) is 10.2. The molecule has 3 amide bonds. The topological polar surface area (TPSA) is 96.3 Å². The van der Waals surface area contributed by atoms with Gasteiger partial charge >= 0.3 is 0 Å². The van der Waals surface area contributed by atoms with Gasteiger partial charge in [0.15, 0.2) is 5.69 Å². The van der Waals surface area contributed by atoms with Crippen LogP contribution in [0.15, 0.2) is 54.6 Å². The highest BCUT2D eigenvalue weighted by Gasteiger charge is 2.46. The van der Waals surface area contributed by atoms with Crippen LogP contribution in [0.2, 0.25) is 0 Å². The Balaban J connectivity index is 1.42. The molecule has 35 heavy (non-hydrogen) atoms. The summed E-state index contributed by atoms with van der Waals surface area (Å²) in [6, 6.07) is 17.4. The molecule has 182 valence electrons.